The molecule has 7 heteroatoms. The van der Waals surface area contributed by atoms with Crippen LogP contribution in [0.1, 0.15) is 43.7 Å². The summed E-state index contributed by atoms with van der Waals surface area (Å²) >= 11 is 0. The average Bonchev–Trinajstić information content (AvgIpc) is 3.52. The number of hydrogen-bond donors (Lipinski definition) is 2. The van der Waals surface area contributed by atoms with Gasteiger partial charge >= 0.3 is 5.69 Å². The second-order valence-corrected chi connectivity index (χ2v) is 9.23. The molecule has 0 radical (unpaired) electrons. The number of carbonyl (C=O) groups is 1. The molecule has 2 fully saturated rings. The highest BCUT2D eigenvalue weighted by atomic mass is 19.1. The summed E-state index contributed by atoms with van der Waals surface area (Å²) in [5.74, 6) is 0.178. The van der Waals surface area contributed by atoms with Gasteiger partial charge in [-0.2, -0.15) is 0 Å². The van der Waals surface area contributed by atoms with E-state index < -0.39 is 5.82 Å². The van der Waals surface area contributed by atoms with Gasteiger partial charge < -0.3 is 15.2 Å². The van der Waals surface area contributed by atoms with Gasteiger partial charge in [0.15, 0.2) is 0 Å². The Morgan fingerprint density at radius 3 is 2.66 bits per heavy atom. The van der Waals surface area contributed by atoms with Crippen LogP contribution in [0.25, 0.3) is 11.0 Å². The van der Waals surface area contributed by atoms with Gasteiger partial charge in [-0.15, -0.1) is 0 Å². The van der Waals surface area contributed by atoms with E-state index in [0.29, 0.717) is 11.4 Å². The summed E-state index contributed by atoms with van der Waals surface area (Å²) in [7, 11) is 0. The van der Waals surface area contributed by atoms with Crippen LogP contribution >= 0.6 is 0 Å². The maximum atomic E-state index is 14.0. The Morgan fingerprint density at radius 1 is 1.16 bits per heavy atom. The molecule has 0 spiro atoms. The van der Waals surface area contributed by atoms with E-state index in [0.717, 1.165) is 38.9 Å². The van der Waals surface area contributed by atoms with Crippen LogP contribution in [0.4, 0.5) is 4.39 Å². The van der Waals surface area contributed by atoms with Gasteiger partial charge in [0, 0.05) is 37.6 Å². The Bertz CT molecular complexity index is 1160. The summed E-state index contributed by atoms with van der Waals surface area (Å²) in [6.45, 7) is 4.53. The molecule has 2 aliphatic rings. The number of hydrogen-bond acceptors (Lipinski definition) is 3. The molecule has 1 aliphatic heterocycles. The first-order valence-electron chi connectivity index (χ1n) is 11.5. The third-order valence-corrected chi connectivity index (χ3v) is 6.90. The molecule has 2 N–H and O–H groups in total. The van der Waals surface area contributed by atoms with E-state index in [1.807, 2.05) is 18.2 Å². The first kappa shape index (κ1) is 20.9. The molecule has 1 aliphatic carbocycles. The molecule has 1 amide bonds. The van der Waals surface area contributed by atoms with Crippen molar-refractivity contribution in [2.45, 2.75) is 44.2 Å². The number of amides is 1. The molecule has 5 rings (SSSR count). The molecule has 2 heterocycles. The minimum atomic E-state index is -0.398. The van der Waals surface area contributed by atoms with Gasteiger partial charge in [-0.1, -0.05) is 36.4 Å². The predicted molar refractivity (Wildman–Crippen MR) is 122 cm³/mol. The lowest BCUT2D eigenvalue weighted by Gasteiger charge is -2.34. The number of halogens is 1. The summed E-state index contributed by atoms with van der Waals surface area (Å²) in [5.41, 5.74) is 1.91. The fourth-order valence-electron chi connectivity index (χ4n) is 5.17. The molecule has 0 bridgehead atoms. The molecule has 32 heavy (non-hydrogen) atoms. The zero-order valence-electron chi connectivity index (χ0n) is 18.3. The van der Waals surface area contributed by atoms with Crippen molar-refractivity contribution >= 4 is 16.9 Å². The molecule has 6 nitrogen and oxygen atoms in total. The van der Waals surface area contributed by atoms with Gasteiger partial charge in [-0.25, -0.2) is 9.18 Å². The molecular weight excluding hydrogens is 407 g/mol. The summed E-state index contributed by atoms with van der Waals surface area (Å²) in [4.78, 5) is 30.1. The third kappa shape index (κ3) is 4.09. The van der Waals surface area contributed by atoms with Crippen molar-refractivity contribution in [2.24, 2.45) is 5.92 Å². The van der Waals surface area contributed by atoms with E-state index in [1.165, 1.54) is 11.6 Å². The number of carbonyl (C=O) groups excluding carboxylic acids is 1. The first-order chi connectivity index (χ1) is 15.5. The van der Waals surface area contributed by atoms with Gasteiger partial charge in [0.05, 0.1) is 5.52 Å². The van der Waals surface area contributed by atoms with Crippen molar-refractivity contribution in [2.75, 3.05) is 19.6 Å². The van der Waals surface area contributed by atoms with E-state index in [9.17, 15) is 14.0 Å². The highest BCUT2D eigenvalue weighted by molar-refractivity contribution is 5.83. The Balaban J connectivity index is 1.13. The van der Waals surface area contributed by atoms with Crippen LogP contribution in [0.2, 0.25) is 0 Å². The van der Waals surface area contributed by atoms with E-state index in [1.54, 1.807) is 16.7 Å². The summed E-state index contributed by atoms with van der Waals surface area (Å²) in [5, 5.41) is 3.18. The van der Waals surface area contributed by atoms with E-state index in [-0.39, 0.29) is 35.1 Å². The number of likely N-dealkylation sites (tertiary alicyclic amines) is 1. The number of para-hydroxylation sites is 1. The number of nitrogens with zero attached hydrogens (tertiary/aromatic N) is 2. The topological polar surface area (TPSA) is 70.1 Å². The maximum absolute atomic E-state index is 14.0. The van der Waals surface area contributed by atoms with Crippen molar-refractivity contribution in [3.05, 3.63) is 70.4 Å². The number of benzene rings is 2. The number of imidazole rings is 1. The number of nitrogens with one attached hydrogen (secondary N) is 2. The number of aromatic amines is 1. The number of H-pyrrole nitrogens is 1. The fourth-order valence-corrected chi connectivity index (χ4v) is 5.17. The first-order valence-corrected chi connectivity index (χ1v) is 11.5. The zero-order valence-corrected chi connectivity index (χ0v) is 18.3. The summed E-state index contributed by atoms with van der Waals surface area (Å²) < 4.78 is 15.7. The quantitative estimate of drug-likeness (QED) is 0.622. The van der Waals surface area contributed by atoms with Gasteiger partial charge in [-0.3, -0.25) is 9.36 Å². The van der Waals surface area contributed by atoms with Crippen molar-refractivity contribution < 1.29 is 9.18 Å². The molecule has 1 saturated carbocycles. The standard InChI is InChI=1S/C25H29FN4O2/c1-16(27-24(31)20-14-19(20)17-6-3-2-4-7-17)15-29-12-10-18(11-13-29)30-22-9-5-8-21(26)23(22)28-25(30)32/h2-9,16,18-20H,10-15H2,1H3,(H,27,31)(H,28,32). The van der Waals surface area contributed by atoms with Crippen molar-refractivity contribution in [3.8, 4) is 0 Å². The molecular formula is C25H29FN4O2. The number of piperidine rings is 1. The lowest BCUT2D eigenvalue weighted by atomic mass is 10.0. The Hall–Kier alpha value is -2.93. The van der Waals surface area contributed by atoms with Gasteiger partial charge in [0.1, 0.15) is 11.3 Å². The van der Waals surface area contributed by atoms with Crippen LogP contribution in [0.15, 0.2) is 53.3 Å². The lowest BCUT2D eigenvalue weighted by molar-refractivity contribution is -0.123. The maximum Gasteiger partial charge on any atom is 0.326 e. The largest absolute Gasteiger partial charge is 0.352 e. The minimum absolute atomic E-state index is 0.0530. The van der Waals surface area contributed by atoms with Gasteiger partial charge in [0.25, 0.3) is 0 Å². The number of fused-ring (bicyclic) bond motifs is 1. The average molecular weight is 437 g/mol. The van der Waals surface area contributed by atoms with Crippen molar-refractivity contribution in [3.63, 3.8) is 0 Å². The summed E-state index contributed by atoms with van der Waals surface area (Å²) in [6.07, 6.45) is 2.57. The molecule has 168 valence electrons. The molecule has 1 aromatic heterocycles. The Labute approximate surface area is 186 Å². The highest BCUT2D eigenvalue weighted by Gasteiger charge is 2.44. The van der Waals surface area contributed by atoms with Crippen LogP contribution in [-0.2, 0) is 4.79 Å². The van der Waals surface area contributed by atoms with Crippen LogP contribution in [0, 0.1) is 11.7 Å². The fraction of sp³-hybridized carbons (Fsp3) is 0.440. The molecule has 1 saturated heterocycles. The van der Waals surface area contributed by atoms with Crippen molar-refractivity contribution in [1.82, 2.24) is 19.8 Å². The van der Waals surface area contributed by atoms with Gasteiger partial charge in [-0.05, 0) is 49.8 Å². The second kappa shape index (κ2) is 8.54. The van der Waals surface area contributed by atoms with E-state index in [2.05, 4.69) is 34.3 Å². The minimum Gasteiger partial charge on any atom is -0.352 e. The predicted octanol–water partition coefficient (Wildman–Crippen LogP) is 3.41. The molecule has 2 aromatic carbocycles. The lowest BCUT2D eigenvalue weighted by Crippen LogP contribution is -2.45. The normalized spacial score (nSPS) is 22.7. The highest BCUT2D eigenvalue weighted by Crippen LogP contribution is 2.47. The molecule has 3 aromatic rings. The second-order valence-electron chi connectivity index (χ2n) is 9.23. The van der Waals surface area contributed by atoms with Gasteiger partial charge in [0.2, 0.25) is 5.91 Å². The van der Waals surface area contributed by atoms with Crippen LogP contribution in [-0.4, -0.2) is 46.0 Å². The van der Waals surface area contributed by atoms with Crippen LogP contribution in [0.3, 0.4) is 0 Å². The monoisotopic (exact) mass is 436 g/mol. The smallest absolute Gasteiger partial charge is 0.326 e. The number of aromatic nitrogens is 2. The van der Waals surface area contributed by atoms with E-state index >= 15 is 0 Å². The van der Waals surface area contributed by atoms with Crippen LogP contribution in [0.5, 0.6) is 0 Å². The Morgan fingerprint density at radius 2 is 1.91 bits per heavy atom. The molecule has 3 unspecified atom stereocenters. The summed E-state index contributed by atoms with van der Waals surface area (Å²) in [6, 6.07) is 15.2. The van der Waals surface area contributed by atoms with E-state index in [4.69, 9.17) is 0 Å². The SMILES string of the molecule is CC(CN1CCC(n2c(=O)[nH]c3c(F)cccc32)CC1)NC(=O)C1CC1c1ccccc1. The van der Waals surface area contributed by atoms with Crippen molar-refractivity contribution in [1.29, 1.82) is 0 Å². The Kier molecular flexibility index (Phi) is 5.59. The zero-order chi connectivity index (χ0) is 22.2. The third-order valence-electron chi connectivity index (χ3n) is 6.90. The number of rotatable bonds is 6. The van der Waals surface area contributed by atoms with Crippen LogP contribution < -0.4 is 11.0 Å². The molecule has 3 atom stereocenters.